The van der Waals surface area contributed by atoms with Gasteiger partial charge in [0.1, 0.15) is 0 Å². The van der Waals surface area contributed by atoms with Gasteiger partial charge in [0, 0.05) is 13.1 Å². The highest BCUT2D eigenvalue weighted by atomic mass is 32.1. The normalized spacial score (nSPS) is 10.9. The van der Waals surface area contributed by atoms with Crippen molar-refractivity contribution < 1.29 is 4.79 Å². The van der Waals surface area contributed by atoms with Crippen LogP contribution in [-0.4, -0.2) is 23.9 Å². The first-order valence-electron chi connectivity index (χ1n) is 10.1. The molecule has 1 amide bonds. The number of nitrogens with zero attached hydrogens (tertiary/aromatic N) is 1. The molecule has 2 nitrogen and oxygen atoms in total. The van der Waals surface area contributed by atoms with Crippen LogP contribution in [0.3, 0.4) is 0 Å². The maximum atomic E-state index is 12.3. The topological polar surface area (TPSA) is 20.3 Å². The van der Waals surface area contributed by atoms with Crippen molar-refractivity contribution in [1.29, 1.82) is 0 Å². The minimum atomic E-state index is 0.204. The third-order valence-corrected chi connectivity index (χ3v) is 5.54. The Labute approximate surface area is 153 Å². The molecule has 0 aliphatic rings. The molecule has 0 bridgehead atoms. The van der Waals surface area contributed by atoms with E-state index in [0.29, 0.717) is 0 Å². The number of carbonyl (C=O) groups is 1. The Morgan fingerprint density at radius 3 is 1.88 bits per heavy atom. The first-order chi connectivity index (χ1) is 11.8. The van der Waals surface area contributed by atoms with Gasteiger partial charge in [-0.05, 0) is 24.8 Å². The van der Waals surface area contributed by atoms with Crippen molar-refractivity contribution in [3.63, 3.8) is 0 Å². The number of thiophene rings is 1. The van der Waals surface area contributed by atoms with Gasteiger partial charge < -0.3 is 4.90 Å². The first-order valence-corrected chi connectivity index (χ1v) is 11.0. The van der Waals surface area contributed by atoms with E-state index in [1.54, 1.807) is 11.3 Å². The molecule has 0 fully saturated rings. The predicted molar refractivity (Wildman–Crippen MR) is 107 cm³/mol. The van der Waals surface area contributed by atoms with Gasteiger partial charge >= 0.3 is 0 Å². The van der Waals surface area contributed by atoms with Crippen molar-refractivity contribution in [1.82, 2.24) is 4.90 Å². The Morgan fingerprint density at radius 1 is 0.875 bits per heavy atom. The predicted octanol–water partition coefficient (Wildman–Crippen LogP) is 6.91. The highest BCUT2D eigenvalue weighted by molar-refractivity contribution is 7.12. The molecule has 1 heterocycles. The van der Waals surface area contributed by atoms with E-state index in [9.17, 15) is 4.79 Å². The summed E-state index contributed by atoms with van der Waals surface area (Å²) in [6.45, 7) is 6.07. The number of carbonyl (C=O) groups excluding carboxylic acids is 1. The first kappa shape index (κ1) is 21.2. The van der Waals surface area contributed by atoms with Gasteiger partial charge in [0.05, 0.1) is 4.88 Å². The van der Waals surface area contributed by atoms with Crippen molar-refractivity contribution in [2.24, 2.45) is 0 Å². The fourth-order valence-corrected chi connectivity index (χ4v) is 3.79. The molecular formula is C21H37NOS. The summed E-state index contributed by atoms with van der Waals surface area (Å²) in [5.74, 6) is 0.204. The molecule has 0 aliphatic heterocycles. The van der Waals surface area contributed by atoms with Crippen LogP contribution in [0.25, 0.3) is 0 Å². The number of hydrogen-bond acceptors (Lipinski definition) is 2. The summed E-state index contributed by atoms with van der Waals surface area (Å²) < 4.78 is 0. The number of amides is 1. The average Bonchev–Trinajstić information content (AvgIpc) is 3.13. The maximum absolute atomic E-state index is 12.3. The van der Waals surface area contributed by atoms with E-state index < -0.39 is 0 Å². The molecule has 0 radical (unpaired) electrons. The van der Waals surface area contributed by atoms with Crippen LogP contribution in [0.4, 0.5) is 0 Å². The largest absolute Gasteiger partial charge is 0.338 e. The standard InChI is InChI=1S/C21H37NOS/c1-3-5-6-7-8-9-10-11-12-13-14-15-18-22(4-2)21(23)20-17-16-19-24-20/h16-17,19H,3-15,18H2,1-2H3. The molecule has 0 saturated carbocycles. The number of unbranched alkanes of at least 4 members (excludes halogenated alkanes) is 11. The van der Waals surface area contributed by atoms with Crippen molar-refractivity contribution in [2.45, 2.75) is 90.9 Å². The van der Waals surface area contributed by atoms with E-state index >= 15 is 0 Å². The van der Waals surface area contributed by atoms with Gasteiger partial charge in [-0.15, -0.1) is 11.3 Å². The smallest absolute Gasteiger partial charge is 0.263 e. The highest BCUT2D eigenvalue weighted by Crippen LogP contribution is 2.14. The molecule has 1 aromatic rings. The van der Waals surface area contributed by atoms with E-state index in [0.717, 1.165) is 24.4 Å². The van der Waals surface area contributed by atoms with Crippen molar-refractivity contribution in [3.05, 3.63) is 22.4 Å². The molecular weight excluding hydrogens is 314 g/mol. The fraction of sp³-hybridized carbons (Fsp3) is 0.762. The minimum absolute atomic E-state index is 0.204. The lowest BCUT2D eigenvalue weighted by molar-refractivity contribution is 0.0766. The maximum Gasteiger partial charge on any atom is 0.263 e. The summed E-state index contributed by atoms with van der Waals surface area (Å²) in [6.07, 6.45) is 16.3. The Morgan fingerprint density at radius 2 is 1.42 bits per heavy atom. The zero-order chi connectivity index (χ0) is 17.5. The zero-order valence-electron chi connectivity index (χ0n) is 15.9. The van der Waals surface area contributed by atoms with Crippen LogP contribution in [0, 0.1) is 0 Å². The summed E-state index contributed by atoms with van der Waals surface area (Å²) >= 11 is 1.54. The van der Waals surface area contributed by atoms with Crippen LogP contribution < -0.4 is 0 Å². The Hall–Kier alpha value is -0.830. The molecule has 0 atom stereocenters. The molecule has 24 heavy (non-hydrogen) atoms. The monoisotopic (exact) mass is 351 g/mol. The third-order valence-electron chi connectivity index (χ3n) is 4.68. The Bertz CT molecular complexity index is 402. The molecule has 0 saturated heterocycles. The zero-order valence-corrected chi connectivity index (χ0v) is 16.7. The second-order valence-corrected chi connectivity index (χ2v) is 7.70. The molecule has 0 aliphatic carbocycles. The summed E-state index contributed by atoms with van der Waals surface area (Å²) in [5.41, 5.74) is 0. The van der Waals surface area contributed by atoms with Gasteiger partial charge in [0.25, 0.3) is 5.91 Å². The highest BCUT2D eigenvalue weighted by Gasteiger charge is 2.14. The summed E-state index contributed by atoms with van der Waals surface area (Å²) in [7, 11) is 0. The van der Waals surface area contributed by atoms with Crippen LogP contribution in [0.1, 0.15) is 101 Å². The van der Waals surface area contributed by atoms with Gasteiger partial charge in [-0.1, -0.05) is 83.6 Å². The second kappa shape index (κ2) is 14.5. The molecule has 0 spiro atoms. The van der Waals surface area contributed by atoms with Gasteiger partial charge in [0.2, 0.25) is 0 Å². The molecule has 1 aromatic heterocycles. The van der Waals surface area contributed by atoms with Crippen LogP contribution in [0.2, 0.25) is 0 Å². The van der Waals surface area contributed by atoms with E-state index in [4.69, 9.17) is 0 Å². The fourth-order valence-electron chi connectivity index (χ4n) is 3.10. The van der Waals surface area contributed by atoms with Gasteiger partial charge in [-0.3, -0.25) is 4.79 Å². The molecule has 3 heteroatoms. The Kier molecular flexibility index (Phi) is 12.8. The van der Waals surface area contributed by atoms with Crippen molar-refractivity contribution in [3.8, 4) is 0 Å². The molecule has 0 N–H and O–H groups in total. The number of rotatable bonds is 15. The van der Waals surface area contributed by atoms with Crippen molar-refractivity contribution in [2.75, 3.05) is 13.1 Å². The van der Waals surface area contributed by atoms with Crippen LogP contribution in [0.5, 0.6) is 0 Å². The van der Waals surface area contributed by atoms with Crippen molar-refractivity contribution >= 4 is 17.2 Å². The van der Waals surface area contributed by atoms with E-state index in [1.807, 2.05) is 22.4 Å². The lowest BCUT2D eigenvalue weighted by Crippen LogP contribution is -2.31. The molecule has 138 valence electrons. The quantitative estimate of drug-likeness (QED) is 0.314. The van der Waals surface area contributed by atoms with Crippen LogP contribution >= 0.6 is 11.3 Å². The lowest BCUT2D eigenvalue weighted by Gasteiger charge is -2.20. The van der Waals surface area contributed by atoms with E-state index in [1.165, 1.54) is 70.6 Å². The third kappa shape index (κ3) is 9.46. The van der Waals surface area contributed by atoms with Gasteiger partial charge in [-0.25, -0.2) is 0 Å². The SMILES string of the molecule is CCCCCCCCCCCCCCN(CC)C(=O)c1cccs1. The second-order valence-electron chi connectivity index (χ2n) is 6.75. The lowest BCUT2D eigenvalue weighted by atomic mass is 10.1. The summed E-state index contributed by atoms with van der Waals surface area (Å²) in [5, 5.41) is 1.98. The molecule has 1 rings (SSSR count). The minimum Gasteiger partial charge on any atom is -0.338 e. The molecule has 0 aromatic carbocycles. The Balaban J connectivity index is 1.94. The summed E-state index contributed by atoms with van der Waals surface area (Å²) in [4.78, 5) is 15.2. The number of hydrogen-bond donors (Lipinski definition) is 0. The van der Waals surface area contributed by atoms with Gasteiger partial charge in [-0.2, -0.15) is 0 Å². The van der Waals surface area contributed by atoms with Gasteiger partial charge in [0.15, 0.2) is 0 Å². The van der Waals surface area contributed by atoms with Crippen LogP contribution in [0.15, 0.2) is 17.5 Å². The van der Waals surface area contributed by atoms with E-state index in [2.05, 4.69) is 13.8 Å². The van der Waals surface area contributed by atoms with E-state index in [-0.39, 0.29) is 5.91 Å². The average molecular weight is 352 g/mol. The van der Waals surface area contributed by atoms with Crippen LogP contribution in [-0.2, 0) is 0 Å². The molecule has 0 unspecified atom stereocenters. The summed E-state index contributed by atoms with van der Waals surface area (Å²) in [6, 6.07) is 3.88.